The summed E-state index contributed by atoms with van der Waals surface area (Å²) >= 11 is 0. The number of carbonyl (C=O) groups is 2. The van der Waals surface area contributed by atoms with Crippen molar-refractivity contribution in [2.24, 2.45) is 0 Å². The van der Waals surface area contributed by atoms with E-state index < -0.39 is 5.97 Å². The van der Waals surface area contributed by atoms with Crippen LogP contribution in [-0.4, -0.2) is 65.4 Å². The summed E-state index contributed by atoms with van der Waals surface area (Å²) in [5.41, 5.74) is -0.0106. The molecule has 1 aromatic rings. The van der Waals surface area contributed by atoms with E-state index in [1.165, 1.54) is 17.4 Å². The number of nitrogens with zero attached hydrogens (tertiary/aromatic N) is 3. The summed E-state index contributed by atoms with van der Waals surface area (Å²) in [4.78, 5) is 27.4. The molecule has 19 heavy (non-hydrogen) atoms. The smallest absolute Gasteiger partial charge is 0.356 e. The van der Waals surface area contributed by atoms with E-state index >= 15 is 0 Å². The van der Waals surface area contributed by atoms with Crippen LogP contribution in [0.15, 0.2) is 12.5 Å². The standard InChI is InChI=1S/C11H18N4O4/c1-14(5-6-19-2)11(18)12-3-4-15-7-9(10(16)17)13-8-15/h7-8H,3-6H2,1-2H3,(H,12,18)(H,16,17). The zero-order chi connectivity index (χ0) is 14.3. The van der Waals surface area contributed by atoms with Crippen molar-refractivity contribution in [3.63, 3.8) is 0 Å². The zero-order valence-electron chi connectivity index (χ0n) is 11.0. The lowest BCUT2D eigenvalue weighted by molar-refractivity contribution is 0.0691. The number of carbonyl (C=O) groups excluding carboxylic acids is 1. The Labute approximate surface area is 111 Å². The summed E-state index contributed by atoms with van der Waals surface area (Å²) in [5, 5.41) is 11.4. The second kappa shape index (κ2) is 7.37. The summed E-state index contributed by atoms with van der Waals surface area (Å²) in [6.45, 7) is 1.85. The van der Waals surface area contributed by atoms with Crippen LogP contribution >= 0.6 is 0 Å². The minimum absolute atomic E-state index is 0.0106. The van der Waals surface area contributed by atoms with E-state index in [1.54, 1.807) is 18.7 Å². The number of amides is 2. The van der Waals surface area contributed by atoms with Crippen molar-refractivity contribution in [1.82, 2.24) is 19.8 Å². The van der Waals surface area contributed by atoms with Crippen molar-refractivity contribution in [3.05, 3.63) is 18.2 Å². The Bertz CT molecular complexity index is 432. The van der Waals surface area contributed by atoms with Gasteiger partial charge in [0.25, 0.3) is 0 Å². The molecule has 0 aliphatic rings. The van der Waals surface area contributed by atoms with Crippen LogP contribution < -0.4 is 5.32 Å². The van der Waals surface area contributed by atoms with Gasteiger partial charge in [-0.05, 0) is 0 Å². The lowest BCUT2D eigenvalue weighted by atomic mass is 10.5. The molecule has 8 heteroatoms. The lowest BCUT2D eigenvalue weighted by Crippen LogP contribution is -2.40. The average Bonchev–Trinajstić information content (AvgIpc) is 2.84. The largest absolute Gasteiger partial charge is 0.476 e. The van der Waals surface area contributed by atoms with Crippen LogP contribution in [0.2, 0.25) is 0 Å². The van der Waals surface area contributed by atoms with Crippen LogP contribution in [0.25, 0.3) is 0 Å². The van der Waals surface area contributed by atoms with Crippen molar-refractivity contribution in [2.45, 2.75) is 6.54 Å². The highest BCUT2D eigenvalue weighted by molar-refractivity contribution is 5.84. The molecule has 1 rings (SSSR count). The van der Waals surface area contributed by atoms with Gasteiger partial charge in [-0.1, -0.05) is 0 Å². The monoisotopic (exact) mass is 270 g/mol. The number of imidazole rings is 1. The second-order valence-corrected chi connectivity index (χ2v) is 3.95. The number of rotatable bonds is 7. The van der Waals surface area contributed by atoms with Gasteiger partial charge in [-0.2, -0.15) is 0 Å². The van der Waals surface area contributed by atoms with E-state index in [9.17, 15) is 9.59 Å². The SMILES string of the molecule is COCCN(C)C(=O)NCCn1cnc(C(=O)O)c1. The molecule has 0 bridgehead atoms. The van der Waals surface area contributed by atoms with Crippen LogP contribution in [0, 0.1) is 0 Å². The molecular weight excluding hydrogens is 252 g/mol. The van der Waals surface area contributed by atoms with Gasteiger partial charge >= 0.3 is 12.0 Å². The number of aromatic carboxylic acids is 1. The lowest BCUT2D eigenvalue weighted by Gasteiger charge is -2.17. The quantitative estimate of drug-likeness (QED) is 0.719. The Hall–Kier alpha value is -2.09. The Kier molecular flexibility index (Phi) is 5.80. The molecule has 0 aromatic carbocycles. The van der Waals surface area contributed by atoms with Gasteiger partial charge in [-0.25, -0.2) is 14.6 Å². The van der Waals surface area contributed by atoms with Gasteiger partial charge in [0, 0.05) is 40.0 Å². The van der Waals surface area contributed by atoms with Crippen LogP contribution in [0.3, 0.4) is 0 Å². The molecule has 0 saturated carbocycles. The first-order chi connectivity index (χ1) is 9.04. The van der Waals surface area contributed by atoms with Gasteiger partial charge in [0.1, 0.15) is 0 Å². The minimum Gasteiger partial charge on any atom is -0.476 e. The second-order valence-electron chi connectivity index (χ2n) is 3.95. The Morgan fingerprint density at radius 1 is 1.58 bits per heavy atom. The molecule has 0 saturated heterocycles. The zero-order valence-corrected chi connectivity index (χ0v) is 11.0. The van der Waals surface area contributed by atoms with Crippen molar-refractivity contribution in [2.75, 3.05) is 33.9 Å². The van der Waals surface area contributed by atoms with E-state index in [2.05, 4.69) is 10.3 Å². The van der Waals surface area contributed by atoms with Gasteiger partial charge in [0.05, 0.1) is 12.9 Å². The number of aromatic nitrogens is 2. The van der Waals surface area contributed by atoms with E-state index in [-0.39, 0.29) is 11.7 Å². The Morgan fingerprint density at radius 2 is 2.32 bits per heavy atom. The number of nitrogens with one attached hydrogen (secondary N) is 1. The normalized spacial score (nSPS) is 10.2. The third kappa shape index (κ3) is 4.96. The highest BCUT2D eigenvalue weighted by Crippen LogP contribution is 1.95. The number of urea groups is 1. The molecule has 106 valence electrons. The first kappa shape index (κ1) is 15.0. The molecule has 0 aliphatic carbocycles. The third-order valence-corrected chi connectivity index (χ3v) is 2.48. The van der Waals surface area contributed by atoms with E-state index in [4.69, 9.17) is 9.84 Å². The van der Waals surface area contributed by atoms with Gasteiger partial charge < -0.3 is 24.6 Å². The number of carboxylic acid groups (broad SMARTS) is 1. The minimum atomic E-state index is -1.07. The predicted octanol–water partition coefficient (Wildman–Crippen LogP) is -0.131. The fourth-order valence-corrected chi connectivity index (χ4v) is 1.35. The van der Waals surface area contributed by atoms with Crippen LogP contribution in [-0.2, 0) is 11.3 Å². The number of likely N-dealkylation sites (N-methyl/N-ethyl adjacent to an activating group) is 1. The average molecular weight is 270 g/mol. The summed E-state index contributed by atoms with van der Waals surface area (Å²) in [5.74, 6) is -1.07. The predicted molar refractivity (Wildman–Crippen MR) is 67.1 cm³/mol. The van der Waals surface area contributed by atoms with Gasteiger partial charge in [-0.3, -0.25) is 0 Å². The molecule has 8 nitrogen and oxygen atoms in total. The molecule has 2 N–H and O–H groups in total. The van der Waals surface area contributed by atoms with Crippen LogP contribution in [0.4, 0.5) is 4.79 Å². The van der Waals surface area contributed by atoms with Crippen molar-refractivity contribution in [3.8, 4) is 0 Å². The maximum absolute atomic E-state index is 11.6. The number of methoxy groups -OCH3 is 1. The summed E-state index contributed by atoms with van der Waals surface area (Å²) in [6.07, 6.45) is 2.84. The molecule has 1 aromatic heterocycles. The fraction of sp³-hybridized carbons (Fsp3) is 0.545. The van der Waals surface area contributed by atoms with Gasteiger partial charge in [0.2, 0.25) is 0 Å². The number of carboxylic acids is 1. The number of hydrogen-bond donors (Lipinski definition) is 2. The van der Waals surface area contributed by atoms with Gasteiger partial charge in [0.15, 0.2) is 5.69 Å². The summed E-state index contributed by atoms with van der Waals surface area (Å²) in [7, 11) is 3.25. The molecule has 0 unspecified atom stereocenters. The van der Waals surface area contributed by atoms with E-state index in [0.717, 1.165) is 0 Å². The molecule has 0 fully saturated rings. The van der Waals surface area contributed by atoms with Crippen LogP contribution in [0.5, 0.6) is 0 Å². The highest BCUT2D eigenvalue weighted by atomic mass is 16.5. The maximum atomic E-state index is 11.6. The van der Waals surface area contributed by atoms with Crippen molar-refractivity contribution in [1.29, 1.82) is 0 Å². The van der Waals surface area contributed by atoms with Crippen LogP contribution in [0.1, 0.15) is 10.5 Å². The molecule has 0 radical (unpaired) electrons. The van der Waals surface area contributed by atoms with E-state index in [1.807, 2.05) is 0 Å². The maximum Gasteiger partial charge on any atom is 0.356 e. The molecule has 2 amide bonds. The number of ether oxygens (including phenoxy) is 1. The number of hydrogen-bond acceptors (Lipinski definition) is 4. The third-order valence-electron chi connectivity index (χ3n) is 2.48. The molecule has 0 aliphatic heterocycles. The van der Waals surface area contributed by atoms with Crippen molar-refractivity contribution < 1.29 is 19.4 Å². The first-order valence-corrected chi connectivity index (χ1v) is 5.77. The van der Waals surface area contributed by atoms with E-state index in [0.29, 0.717) is 26.2 Å². The molecule has 0 atom stereocenters. The van der Waals surface area contributed by atoms with Crippen molar-refractivity contribution >= 4 is 12.0 Å². The molecule has 0 spiro atoms. The molecule has 1 heterocycles. The Morgan fingerprint density at radius 3 is 2.89 bits per heavy atom. The Balaban J connectivity index is 2.29. The first-order valence-electron chi connectivity index (χ1n) is 5.77. The molecular formula is C11H18N4O4. The fourth-order valence-electron chi connectivity index (χ4n) is 1.35. The topological polar surface area (TPSA) is 96.7 Å². The summed E-state index contributed by atoms with van der Waals surface area (Å²) < 4.78 is 6.48. The summed E-state index contributed by atoms with van der Waals surface area (Å²) in [6, 6.07) is -0.198. The van der Waals surface area contributed by atoms with Gasteiger partial charge in [-0.15, -0.1) is 0 Å². The highest BCUT2D eigenvalue weighted by Gasteiger charge is 2.08.